The first-order valence-corrected chi connectivity index (χ1v) is 8.41. The molecule has 2 nitrogen and oxygen atoms in total. The van der Waals surface area contributed by atoms with Gasteiger partial charge in [0.25, 0.3) is 0 Å². The van der Waals surface area contributed by atoms with Gasteiger partial charge in [-0.25, -0.2) is 0 Å². The SMILES string of the molecule is Clc1ccc([C@@H](C2CCCC2)N2CCNCC2)c(Cl)c1. The van der Waals surface area contributed by atoms with E-state index in [0.717, 1.165) is 42.1 Å². The summed E-state index contributed by atoms with van der Waals surface area (Å²) >= 11 is 12.6. The van der Waals surface area contributed by atoms with Gasteiger partial charge in [-0.1, -0.05) is 42.1 Å². The van der Waals surface area contributed by atoms with Crippen LogP contribution in [0.25, 0.3) is 0 Å². The molecule has 1 atom stereocenters. The monoisotopic (exact) mass is 312 g/mol. The molecular weight excluding hydrogens is 291 g/mol. The van der Waals surface area contributed by atoms with Crippen LogP contribution in [0.5, 0.6) is 0 Å². The molecule has 2 aliphatic rings. The van der Waals surface area contributed by atoms with Crippen LogP contribution in [-0.4, -0.2) is 31.1 Å². The molecule has 4 heteroatoms. The zero-order valence-corrected chi connectivity index (χ0v) is 13.3. The van der Waals surface area contributed by atoms with Crippen LogP contribution in [0.3, 0.4) is 0 Å². The highest BCUT2D eigenvalue weighted by atomic mass is 35.5. The number of benzene rings is 1. The van der Waals surface area contributed by atoms with Gasteiger partial charge in [-0.15, -0.1) is 0 Å². The van der Waals surface area contributed by atoms with Crippen LogP contribution < -0.4 is 5.32 Å². The van der Waals surface area contributed by atoms with Crippen LogP contribution in [0.1, 0.15) is 37.3 Å². The molecule has 110 valence electrons. The largest absolute Gasteiger partial charge is 0.314 e. The lowest BCUT2D eigenvalue weighted by Gasteiger charge is -2.39. The molecule has 0 amide bonds. The number of nitrogens with one attached hydrogen (secondary N) is 1. The van der Waals surface area contributed by atoms with Crippen molar-refractivity contribution < 1.29 is 0 Å². The second-order valence-corrected chi connectivity index (χ2v) is 6.78. The highest BCUT2D eigenvalue weighted by Gasteiger charge is 2.32. The summed E-state index contributed by atoms with van der Waals surface area (Å²) in [4.78, 5) is 2.61. The van der Waals surface area contributed by atoms with E-state index in [9.17, 15) is 0 Å². The third kappa shape index (κ3) is 3.14. The van der Waals surface area contributed by atoms with Gasteiger partial charge in [-0.05, 0) is 36.5 Å². The minimum atomic E-state index is 0.462. The maximum absolute atomic E-state index is 6.50. The Kier molecular flexibility index (Phi) is 4.87. The van der Waals surface area contributed by atoms with E-state index in [4.69, 9.17) is 23.2 Å². The predicted molar refractivity (Wildman–Crippen MR) is 85.6 cm³/mol. The molecule has 2 fully saturated rings. The maximum Gasteiger partial charge on any atom is 0.0468 e. The standard InChI is InChI=1S/C16H22Cl2N2/c17-13-5-6-14(15(18)11-13)16(12-3-1-2-4-12)20-9-7-19-8-10-20/h5-6,11-12,16,19H,1-4,7-10H2/t16-/m1/s1. The molecule has 1 aliphatic carbocycles. The van der Waals surface area contributed by atoms with Crippen molar-refractivity contribution in [2.75, 3.05) is 26.2 Å². The van der Waals surface area contributed by atoms with Crippen molar-refractivity contribution in [1.29, 1.82) is 0 Å². The molecule has 20 heavy (non-hydrogen) atoms. The van der Waals surface area contributed by atoms with E-state index >= 15 is 0 Å². The van der Waals surface area contributed by atoms with E-state index in [0.29, 0.717) is 6.04 Å². The maximum atomic E-state index is 6.50. The number of halogens is 2. The van der Waals surface area contributed by atoms with Crippen LogP contribution in [0.15, 0.2) is 18.2 Å². The van der Waals surface area contributed by atoms with Gasteiger partial charge in [0.05, 0.1) is 0 Å². The third-order valence-corrected chi connectivity index (χ3v) is 5.23. The number of hydrogen-bond donors (Lipinski definition) is 1. The van der Waals surface area contributed by atoms with E-state index < -0.39 is 0 Å². The van der Waals surface area contributed by atoms with Crippen molar-refractivity contribution in [3.63, 3.8) is 0 Å². The molecule has 0 spiro atoms. The Balaban J connectivity index is 1.90. The number of rotatable bonds is 3. The van der Waals surface area contributed by atoms with Gasteiger partial charge < -0.3 is 5.32 Å². The highest BCUT2D eigenvalue weighted by molar-refractivity contribution is 6.35. The van der Waals surface area contributed by atoms with Crippen molar-refractivity contribution in [2.45, 2.75) is 31.7 Å². The van der Waals surface area contributed by atoms with Crippen LogP contribution in [0, 0.1) is 5.92 Å². The van der Waals surface area contributed by atoms with Crippen LogP contribution in [-0.2, 0) is 0 Å². The molecule has 0 unspecified atom stereocenters. The lowest BCUT2D eigenvalue weighted by molar-refractivity contribution is 0.125. The van der Waals surface area contributed by atoms with Crippen molar-refractivity contribution in [3.8, 4) is 0 Å². The molecule has 1 aliphatic heterocycles. The second kappa shape index (κ2) is 6.65. The zero-order valence-electron chi connectivity index (χ0n) is 11.7. The van der Waals surface area contributed by atoms with Crippen LogP contribution >= 0.6 is 23.2 Å². The first kappa shape index (κ1) is 14.6. The zero-order chi connectivity index (χ0) is 13.9. The van der Waals surface area contributed by atoms with Crippen molar-refractivity contribution in [2.24, 2.45) is 5.92 Å². The van der Waals surface area contributed by atoms with Gasteiger partial charge in [0.2, 0.25) is 0 Å². The summed E-state index contributed by atoms with van der Waals surface area (Å²) in [5.41, 5.74) is 1.27. The fourth-order valence-electron chi connectivity index (χ4n) is 3.72. The Hall–Kier alpha value is -0.280. The number of nitrogens with zero attached hydrogens (tertiary/aromatic N) is 1. The topological polar surface area (TPSA) is 15.3 Å². The summed E-state index contributed by atoms with van der Waals surface area (Å²) in [6.07, 6.45) is 5.37. The molecule has 1 saturated carbocycles. The Labute approximate surface area is 131 Å². The summed E-state index contributed by atoms with van der Waals surface area (Å²) < 4.78 is 0. The average Bonchev–Trinajstić information content (AvgIpc) is 2.97. The van der Waals surface area contributed by atoms with Crippen molar-refractivity contribution >= 4 is 23.2 Å². The summed E-state index contributed by atoms with van der Waals surface area (Å²) in [5.74, 6) is 0.742. The molecule has 1 N–H and O–H groups in total. The fourth-order valence-corrected chi connectivity index (χ4v) is 4.24. The minimum Gasteiger partial charge on any atom is -0.314 e. The fraction of sp³-hybridized carbons (Fsp3) is 0.625. The van der Waals surface area contributed by atoms with E-state index in [1.807, 2.05) is 12.1 Å². The Bertz CT molecular complexity index is 452. The summed E-state index contributed by atoms with van der Waals surface area (Å²) in [6, 6.07) is 6.47. The highest BCUT2D eigenvalue weighted by Crippen LogP contribution is 2.42. The first-order chi connectivity index (χ1) is 9.75. The van der Waals surface area contributed by atoms with Crippen molar-refractivity contribution in [3.05, 3.63) is 33.8 Å². The number of hydrogen-bond acceptors (Lipinski definition) is 2. The predicted octanol–water partition coefficient (Wildman–Crippen LogP) is 4.13. The summed E-state index contributed by atoms with van der Waals surface area (Å²) in [6.45, 7) is 4.38. The Morgan fingerprint density at radius 1 is 1.10 bits per heavy atom. The van der Waals surface area contributed by atoms with Gasteiger partial charge in [-0.2, -0.15) is 0 Å². The first-order valence-electron chi connectivity index (χ1n) is 7.65. The molecular formula is C16H22Cl2N2. The normalized spacial score (nSPS) is 23.1. The molecule has 1 aromatic carbocycles. The molecule has 0 bridgehead atoms. The molecule has 1 saturated heterocycles. The van der Waals surface area contributed by atoms with Gasteiger partial charge in [0.15, 0.2) is 0 Å². The summed E-state index contributed by atoms with van der Waals surface area (Å²) in [7, 11) is 0. The molecule has 1 aromatic rings. The smallest absolute Gasteiger partial charge is 0.0468 e. The van der Waals surface area contributed by atoms with Gasteiger partial charge in [-0.3, -0.25) is 4.90 Å². The Morgan fingerprint density at radius 3 is 2.45 bits per heavy atom. The van der Waals surface area contributed by atoms with Crippen LogP contribution in [0.4, 0.5) is 0 Å². The van der Waals surface area contributed by atoms with E-state index in [1.54, 1.807) is 0 Å². The molecule has 0 aromatic heterocycles. The molecule has 3 rings (SSSR count). The lowest BCUT2D eigenvalue weighted by atomic mass is 9.89. The molecule has 0 radical (unpaired) electrons. The summed E-state index contributed by atoms with van der Waals surface area (Å²) in [5, 5.41) is 4.99. The van der Waals surface area contributed by atoms with E-state index in [-0.39, 0.29) is 0 Å². The average molecular weight is 313 g/mol. The van der Waals surface area contributed by atoms with Gasteiger partial charge >= 0.3 is 0 Å². The third-order valence-electron chi connectivity index (χ3n) is 4.67. The lowest BCUT2D eigenvalue weighted by Crippen LogP contribution is -2.46. The number of piperazine rings is 1. The van der Waals surface area contributed by atoms with Gasteiger partial charge in [0, 0.05) is 42.3 Å². The second-order valence-electron chi connectivity index (χ2n) is 5.94. The van der Waals surface area contributed by atoms with Crippen molar-refractivity contribution in [1.82, 2.24) is 10.2 Å². The minimum absolute atomic E-state index is 0.462. The Morgan fingerprint density at radius 2 is 1.80 bits per heavy atom. The quantitative estimate of drug-likeness (QED) is 0.902. The van der Waals surface area contributed by atoms with E-state index in [2.05, 4.69) is 16.3 Å². The van der Waals surface area contributed by atoms with Gasteiger partial charge in [0.1, 0.15) is 0 Å². The molecule has 1 heterocycles. The van der Waals surface area contributed by atoms with E-state index in [1.165, 1.54) is 31.2 Å². The van der Waals surface area contributed by atoms with Crippen LogP contribution in [0.2, 0.25) is 10.0 Å².